The third-order valence-corrected chi connectivity index (χ3v) is 4.25. The number of fused-ring (bicyclic) bond motifs is 2. The zero-order valence-corrected chi connectivity index (χ0v) is 11.0. The Kier molecular flexibility index (Phi) is 2.35. The van der Waals surface area contributed by atoms with Crippen LogP contribution in [0, 0.1) is 0 Å². The van der Waals surface area contributed by atoms with Gasteiger partial charge in [0.15, 0.2) is 0 Å². The first-order valence-electron chi connectivity index (χ1n) is 6.24. The Morgan fingerprint density at radius 1 is 0.789 bits per heavy atom. The smallest absolute Gasteiger partial charge is 0.0716 e. The number of nitrogens with zero attached hydrogens (tertiary/aromatic N) is 1. The maximum absolute atomic E-state index is 4.75. The fourth-order valence-electron chi connectivity index (χ4n) is 2.45. The van der Waals surface area contributed by atoms with Gasteiger partial charge in [-0.3, -0.25) is 0 Å². The molecule has 0 saturated heterocycles. The summed E-state index contributed by atoms with van der Waals surface area (Å²) in [4.78, 5) is 6.05. The molecule has 0 N–H and O–H groups in total. The van der Waals surface area contributed by atoms with E-state index in [4.69, 9.17) is 4.98 Å². The molecule has 2 aromatic heterocycles. The highest BCUT2D eigenvalue weighted by molar-refractivity contribution is 7.13. The predicted octanol–water partition coefficient (Wildman–Crippen LogP) is 5.12. The largest absolute Gasteiger partial charge is 0.248 e. The van der Waals surface area contributed by atoms with E-state index in [-0.39, 0.29) is 0 Å². The van der Waals surface area contributed by atoms with Crippen LogP contribution in [0.2, 0.25) is 0 Å². The maximum Gasteiger partial charge on any atom is 0.0716 e. The predicted molar refractivity (Wildman–Crippen MR) is 82.6 cm³/mol. The minimum absolute atomic E-state index is 1.05. The third-order valence-electron chi connectivity index (χ3n) is 3.35. The highest BCUT2D eigenvalue weighted by atomic mass is 32.1. The molecule has 0 saturated carbocycles. The molecule has 0 unspecified atom stereocenters. The summed E-state index contributed by atoms with van der Waals surface area (Å²) >= 11 is 1.77. The molecule has 2 heterocycles. The van der Waals surface area contributed by atoms with Crippen molar-refractivity contribution in [2.75, 3.05) is 0 Å². The second kappa shape index (κ2) is 4.18. The highest BCUT2D eigenvalue weighted by Crippen LogP contribution is 2.32. The summed E-state index contributed by atoms with van der Waals surface area (Å²) in [6.45, 7) is 0. The number of thiophene rings is 1. The monoisotopic (exact) mass is 261 g/mol. The van der Waals surface area contributed by atoms with Gasteiger partial charge in [0.05, 0.1) is 11.0 Å². The van der Waals surface area contributed by atoms with E-state index in [0.717, 1.165) is 11.0 Å². The van der Waals surface area contributed by atoms with Crippen LogP contribution in [0.1, 0.15) is 0 Å². The van der Waals surface area contributed by atoms with Gasteiger partial charge in [0.2, 0.25) is 0 Å². The summed E-state index contributed by atoms with van der Waals surface area (Å²) in [7, 11) is 0. The van der Waals surface area contributed by atoms with Crippen LogP contribution in [0.4, 0.5) is 0 Å². The van der Waals surface area contributed by atoms with Gasteiger partial charge in [-0.15, -0.1) is 11.3 Å². The van der Waals surface area contributed by atoms with Crippen molar-refractivity contribution in [2.45, 2.75) is 0 Å². The molecule has 0 aliphatic heterocycles. The third kappa shape index (κ3) is 1.72. The number of rotatable bonds is 1. The zero-order chi connectivity index (χ0) is 12.7. The van der Waals surface area contributed by atoms with Crippen molar-refractivity contribution >= 4 is 33.1 Å². The molecule has 19 heavy (non-hydrogen) atoms. The van der Waals surface area contributed by atoms with E-state index < -0.39 is 0 Å². The Hall–Kier alpha value is -2.19. The number of benzene rings is 2. The molecule has 90 valence electrons. The lowest BCUT2D eigenvalue weighted by molar-refractivity contribution is 1.50. The molecule has 1 nitrogen and oxygen atoms in total. The Morgan fingerprint density at radius 2 is 1.68 bits per heavy atom. The Labute approximate surface area is 115 Å². The van der Waals surface area contributed by atoms with Crippen molar-refractivity contribution in [3.05, 3.63) is 66.0 Å². The van der Waals surface area contributed by atoms with Crippen molar-refractivity contribution in [1.29, 1.82) is 0 Å². The summed E-state index contributed by atoms with van der Waals surface area (Å²) in [6.07, 6.45) is 0. The fourth-order valence-corrected chi connectivity index (χ4v) is 3.21. The van der Waals surface area contributed by atoms with Crippen LogP contribution in [0.15, 0.2) is 66.0 Å². The van der Waals surface area contributed by atoms with E-state index in [9.17, 15) is 0 Å². The van der Waals surface area contributed by atoms with Gasteiger partial charge >= 0.3 is 0 Å². The SMILES string of the molecule is c1csc(-c2cccc3nc4ccccc4cc23)c1. The van der Waals surface area contributed by atoms with Gasteiger partial charge in [0.1, 0.15) is 0 Å². The van der Waals surface area contributed by atoms with Gasteiger partial charge in [0, 0.05) is 21.2 Å². The molecule has 0 aliphatic rings. The second-order valence-electron chi connectivity index (χ2n) is 4.53. The van der Waals surface area contributed by atoms with Crippen LogP contribution in [-0.4, -0.2) is 4.98 Å². The molecule has 4 rings (SSSR count). The quantitative estimate of drug-likeness (QED) is 0.433. The maximum atomic E-state index is 4.75. The molecule has 0 amide bonds. The average molecular weight is 261 g/mol. The van der Waals surface area contributed by atoms with Crippen LogP contribution in [0.5, 0.6) is 0 Å². The molecule has 4 aromatic rings. The molecular weight excluding hydrogens is 250 g/mol. The molecule has 2 aromatic carbocycles. The summed E-state index contributed by atoms with van der Waals surface area (Å²) in [5, 5.41) is 4.53. The van der Waals surface area contributed by atoms with Crippen LogP contribution < -0.4 is 0 Å². The molecule has 0 bridgehead atoms. The van der Waals surface area contributed by atoms with Gasteiger partial charge < -0.3 is 0 Å². The highest BCUT2D eigenvalue weighted by Gasteiger charge is 2.06. The average Bonchev–Trinajstić information content (AvgIpc) is 2.98. The van der Waals surface area contributed by atoms with Crippen LogP contribution in [0.3, 0.4) is 0 Å². The lowest BCUT2D eigenvalue weighted by atomic mass is 10.0. The number of pyridine rings is 1. The van der Waals surface area contributed by atoms with Crippen LogP contribution in [0.25, 0.3) is 32.2 Å². The summed E-state index contributed by atoms with van der Waals surface area (Å²) < 4.78 is 0. The Morgan fingerprint density at radius 3 is 2.58 bits per heavy atom. The zero-order valence-electron chi connectivity index (χ0n) is 10.2. The lowest BCUT2D eigenvalue weighted by Crippen LogP contribution is -1.84. The number of para-hydroxylation sites is 1. The van der Waals surface area contributed by atoms with E-state index in [0.29, 0.717) is 0 Å². The molecule has 0 spiro atoms. The van der Waals surface area contributed by atoms with Crippen LogP contribution in [-0.2, 0) is 0 Å². The normalized spacial score (nSPS) is 11.2. The van der Waals surface area contributed by atoms with Crippen molar-refractivity contribution in [3.63, 3.8) is 0 Å². The lowest BCUT2D eigenvalue weighted by Gasteiger charge is -2.06. The summed E-state index contributed by atoms with van der Waals surface area (Å²) in [5.74, 6) is 0. The summed E-state index contributed by atoms with van der Waals surface area (Å²) in [6, 6.07) is 21.1. The first-order chi connectivity index (χ1) is 9.42. The van der Waals surface area contributed by atoms with E-state index in [1.807, 2.05) is 6.07 Å². The standard InChI is InChI=1S/C17H11NS/c1-2-7-15-12(5-1)11-14-13(17-9-4-10-19-17)6-3-8-16(14)18-15/h1-11H. The van der Waals surface area contributed by atoms with E-state index in [1.54, 1.807) is 11.3 Å². The van der Waals surface area contributed by atoms with Crippen LogP contribution >= 0.6 is 11.3 Å². The Balaban J connectivity index is 2.12. The van der Waals surface area contributed by atoms with Gasteiger partial charge in [-0.1, -0.05) is 36.4 Å². The van der Waals surface area contributed by atoms with Crippen molar-refractivity contribution in [2.24, 2.45) is 0 Å². The first-order valence-corrected chi connectivity index (χ1v) is 7.12. The minimum atomic E-state index is 1.05. The Bertz CT molecular complexity index is 863. The minimum Gasteiger partial charge on any atom is -0.248 e. The molecule has 2 heteroatoms. The molecule has 0 aliphatic carbocycles. The molecule has 0 atom stereocenters. The summed E-state index contributed by atoms with van der Waals surface area (Å²) in [5.41, 5.74) is 3.38. The van der Waals surface area contributed by atoms with Crippen molar-refractivity contribution in [1.82, 2.24) is 4.98 Å². The number of hydrogen-bond acceptors (Lipinski definition) is 2. The number of hydrogen-bond donors (Lipinski definition) is 0. The molecule has 0 fully saturated rings. The number of aromatic nitrogens is 1. The fraction of sp³-hybridized carbons (Fsp3) is 0. The molecule has 0 radical (unpaired) electrons. The first kappa shape index (κ1) is 10.7. The van der Waals surface area contributed by atoms with Gasteiger partial charge in [-0.25, -0.2) is 4.98 Å². The van der Waals surface area contributed by atoms with E-state index >= 15 is 0 Å². The molecular formula is C17H11NS. The van der Waals surface area contributed by atoms with Gasteiger partial charge in [0.25, 0.3) is 0 Å². The van der Waals surface area contributed by atoms with Crippen molar-refractivity contribution in [3.8, 4) is 10.4 Å². The van der Waals surface area contributed by atoms with Gasteiger partial charge in [-0.05, 0) is 29.6 Å². The van der Waals surface area contributed by atoms with Crippen molar-refractivity contribution < 1.29 is 0 Å². The topological polar surface area (TPSA) is 12.9 Å². The second-order valence-corrected chi connectivity index (χ2v) is 5.48. The van der Waals surface area contributed by atoms with E-state index in [2.05, 4.69) is 60.0 Å². The van der Waals surface area contributed by atoms with E-state index in [1.165, 1.54) is 21.2 Å². The van der Waals surface area contributed by atoms with Gasteiger partial charge in [-0.2, -0.15) is 0 Å².